The molecule has 1 atom stereocenters. The van der Waals surface area contributed by atoms with Crippen LogP contribution in [0.15, 0.2) is 60.7 Å². The number of ether oxygens (including phenoxy) is 1. The zero-order chi connectivity index (χ0) is 22.4. The monoisotopic (exact) mass is 424 g/mol. The van der Waals surface area contributed by atoms with E-state index in [-0.39, 0.29) is 12.8 Å². The van der Waals surface area contributed by atoms with Gasteiger partial charge in [-0.1, -0.05) is 60.7 Å². The normalized spacial score (nSPS) is 16.0. The first-order chi connectivity index (χ1) is 14.9. The molecule has 8 heteroatoms. The molecule has 0 saturated carbocycles. The quantitative estimate of drug-likeness (QED) is 0.363. The molecule has 0 bridgehead atoms. The number of carbonyl (C=O) groups excluding carboxylic acids is 3. The predicted molar refractivity (Wildman–Crippen MR) is 111 cm³/mol. The van der Waals surface area contributed by atoms with E-state index in [1.807, 2.05) is 12.1 Å². The molecule has 1 fully saturated rings. The Hall–Kier alpha value is -3.68. The molecule has 0 aromatic heterocycles. The topological polar surface area (TPSA) is 113 Å². The summed E-state index contributed by atoms with van der Waals surface area (Å²) in [6.45, 7) is 1.46. The van der Waals surface area contributed by atoms with Crippen molar-refractivity contribution in [2.24, 2.45) is 0 Å². The Kier molecular flexibility index (Phi) is 6.69. The van der Waals surface area contributed by atoms with E-state index in [0.717, 1.165) is 4.90 Å². The van der Waals surface area contributed by atoms with Crippen molar-refractivity contribution in [3.05, 3.63) is 71.8 Å². The summed E-state index contributed by atoms with van der Waals surface area (Å²) in [5.74, 6) is -2.07. The second-order valence-electron chi connectivity index (χ2n) is 7.28. The summed E-state index contributed by atoms with van der Waals surface area (Å²) in [5.41, 5.74) is -0.245. The molecule has 31 heavy (non-hydrogen) atoms. The minimum Gasteiger partial charge on any atom is -0.481 e. The second-order valence-corrected chi connectivity index (χ2v) is 7.28. The Balaban J connectivity index is 1.81. The van der Waals surface area contributed by atoms with Crippen LogP contribution < -0.4 is 5.32 Å². The maximum absolute atomic E-state index is 13.6. The zero-order valence-electron chi connectivity index (χ0n) is 17.1. The molecule has 0 radical (unpaired) electrons. The van der Waals surface area contributed by atoms with Crippen molar-refractivity contribution in [3.63, 3.8) is 0 Å². The molecule has 8 nitrogen and oxygen atoms in total. The lowest BCUT2D eigenvalue weighted by Crippen LogP contribution is -2.46. The van der Waals surface area contributed by atoms with E-state index < -0.39 is 35.6 Å². The lowest BCUT2D eigenvalue weighted by Gasteiger charge is -2.29. The standard InChI is InChI=1S/C23H24N2O6/c1-16(31-20(28)15-9-8-14-19(26)27)25-21(29)23(24-22(25)30,17-10-4-2-5-11-17)18-12-6-3-7-13-18/h2-7,10-13,16H,8-9,14-15H2,1H3,(H,24,30)(H,26,27). The molecule has 2 N–H and O–H groups in total. The van der Waals surface area contributed by atoms with Crippen LogP contribution in [0.25, 0.3) is 0 Å². The average Bonchev–Trinajstić information content (AvgIpc) is 3.03. The number of carboxylic acids is 1. The van der Waals surface area contributed by atoms with Crippen LogP contribution >= 0.6 is 0 Å². The van der Waals surface area contributed by atoms with Gasteiger partial charge in [0.15, 0.2) is 11.8 Å². The smallest absolute Gasteiger partial charge is 0.328 e. The van der Waals surface area contributed by atoms with Gasteiger partial charge in [0.25, 0.3) is 5.91 Å². The Morgan fingerprint density at radius 2 is 1.48 bits per heavy atom. The molecule has 1 aliphatic heterocycles. The van der Waals surface area contributed by atoms with Crippen molar-refractivity contribution < 1.29 is 29.0 Å². The number of hydrogen-bond acceptors (Lipinski definition) is 5. The van der Waals surface area contributed by atoms with Crippen molar-refractivity contribution in [1.82, 2.24) is 10.2 Å². The largest absolute Gasteiger partial charge is 0.481 e. The Labute approximate surface area is 179 Å². The van der Waals surface area contributed by atoms with Gasteiger partial charge in [0.1, 0.15) is 0 Å². The molecule has 162 valence electrons. The summed E-state index contributed by atoms with van der Waals surface area (Å²) in [6.07, 6.45) is -0.465. The van der Waals surface area contributed by atoms with Crippen molar-refractivity contribution in [1.29, 1.82) is 0 Å². The van der Waals surface area contributed by atoms with E-state index in [2.05, 4.69) is 5.32 Å². The number of amides is 3. The number of urea groups is 1. The minimum atomic E-state index is -1.43. The first-order valence-corrected chi connectivity index (χ1v) is 10.0. The summed E-state index contributed by atoms with van der Waals surface area (Å²) in [5, 5.41) is 11.5. The first-order valence-electron chi connectivity index (χ1n) is 10.0. The van der Waals surface area contributed by atoms with Crippen molar-refractivity contribution in [3.8, 4) is 0 Å². The molecule has 2 aromatic carbocycles. The number of nitrogens with one attached hydrogen (secondary N) is 1. The molecule has 0 aliphatic carbocycles. The summed E-state index contributed by atoms with van der Waals surface area (Å²) >= 11 is 0. The molecular weight excluding hydrogens is 400 g/mol. The summed E-state index contributed by atoms with van der Waals surface area (Å²) in [7, 11) is 0. The van der Waals surface area contributed by atoms with Gasteiger partial charge in [-0.05, 0) is 30.9 Å². The van der Waals surface area contributed by atoms with Gasteiger partial charge >= 0.3 is 18.0 Å². The van der Waals surface area contributed by atoms with E-state index in [9.17, 15) is 19.2 Å². The van der Waals surface area contributed by atoms with Crippen LogP contribution in [0, 0.1) is 0 Å². The highest BCUT2D eigenvalue weighted by atomic mass is 16.6. The summed E-state index contributed by atoms with van der Waals surface area (Å²) in [6, 6.07) is 17.1. The SMILES string of the molecule is CC(OC(=O)CCCCC(=O)O)N1C(=O)NC(c2ccccc2)(c2ccccc2)C1=O. The van der Waals surface area contributed by atoms with E-state index >= 15 is 0 Å². The molecule has 1 heterocycles. The number of carboxylic acid groups (broad SMARTS) is 1. The van der Waals surface area contributed by atoms with E-state index in [1.165, 1.54) is 6.92 Å². The third kappa shape index (κ3) is 4.58. The van der Waals surface area contributed by atoms with Gasteiger partial charge in [-0.25, -0.2) is 9.69 Å². The second kappa shape index (κ2) is 9.42. The van der Waals surface area contributed by atoms with Gasteiger partial charge in [0.05, 0.1) is 0 Å². The van der Waals surface area contributed by atoms with Crippen molar-refractivity contribution in [2.45, 2.75) is 44.4 Å². The van der Waals surface area contributed by atoms with Crippen LogP contribution in [0.3, 0.4) is 0 Å². The Bertz CT molecular complexity index is 921. The molecule has 3 rings (SSSR count). The molecule has 1 unspecified atom stereocenters. The number of imide groups is 1. The highest BCUT2D eigenvalue weighted by Crippen LogP contribution is 2.36. The van der Waals surface area contributed by atoms with Crippen LogP contribution in [0.4, 0.5) is 4.79 Å². The maximum atomic E-state index is 13.6. The lowest BCUT2D eigenvalue weighted by atomic mass is 9.82. The number of aliphatic carboxylic acids is 1. The van der Waals surface area contributed by atoms with Gasteiger partial charge in [-0.15, -0.1) is 0 Å². The predicted octanol–water partition coefficient (Wildman–Crippen LogP) is 3.02. The molecule has 1 saturated heterocycles. The summed E-state index contributed by atoms with van der Waals surface area (Å²) in [4.78, 5) is 50.0. The number of unbranched alkanes of at least 4 members (excludes halogenated alkanes) is 1. The van der Waals surface area contributed by atoms with Gasteiger partial charge in [0.2, 0.25) is 0 Å². The molecule has 3 amide bonds. The first kappa shape index (κ1) is 22.0. The highest BCUT2D eigenvalue weighted by molar-refractivity contribution is 6.09. The molecule has 1 aliphatic rings. The van der Waals surface area contributed by atoms with Crippen LogP contribution in [0.5, 0.6) is 0 Å². The Morgan fingerprint density at radius 3 is 2.00 bits per heavy atom. The summed E-state index contributed by atoms with van der Waals surface area (Å²) < 4.78 is 5.31. The van der Waals surface area contributed by atoms with Crippen LogP contribution in [-0.2, 0) is 24.7 Å². The van der Waals surface area contributed by atoms with Gasteiger partial charge in [0, 0.05) is 12.8 Å². The molecular formula is C23H24N2O6. The average molecular weight is 424 g/mol. The number of carbonyl (C=O) groups is 4. The zero-order valence-corrected chi connectivity index (χ0v) is 17.1. The van der Waals surface area contributed by atoms with E-state index in [0.29, 0.717) is 24.0 Å². The minimum absolute atomic E-state index is 0.00375. The van der Waals surface area contributed by atoms with Crippen molar-refractivity contribution in [2.75, 3.05) is 0 Å². The van der Waals surface area contributed by atoms with Crippen LogP contribution in [-0.4, -0.2) is 40.1 Å². The Morgan fingerprint density at radius 1 is 0.968 bits per heavy atom. The number of hydrogen-bond donors (Lipinski definition) is 2. The lowest BCUT2D eigenvalue weighted by molar-refractivity contribution is -0.159. The number of benzene rings is 2. The fourth-order valence-electron chi connectivity index (χ4n) is 3.66. The maximum Gasteiger partial charge on any atom is 0.328 e. The third-order valence-electron chi connectivity index (χ3n) is 5.15. The van der Waals surface area contributed by atoms with Gasteiger partial charge in [-0.2, -0.15) is 0 Å². The van der Waals surface area contributed by atoms with Crippen LogP contribution in [0.2, 0.25) is 0 Å². The van der Waals surface area contributed by atoms with E-state index in [4.69, 9.17) is 9.84 Å². The van der Waals surface area contributed by atoms with Crippen molar-refractivity contribution >= 4 is 23.9 Å². The fraction of sp³-hybridized carbons (Fsp3) is 0.304. The molecule has 2 aromatic rings. The van der Waals surface area contributed by atoms with Gasteiger partial charge < -0.3 is 15.2 Å². The highest BCUT2D eigenvalue weighted by Gasteiger charge is 2.55. The van der Waals surface area contributed by atoms with Gasteiger partial charge in [-0.3, -0.25) is 14.4 Å². The fourth-order valence-corrected chi connectivity index (χ4v) is 3.66. The third-order valence-corrected chi connectivity index (χ3v) is 5.15. The number of nitrogens with zero attached hydrogens (tertiary/aromatic N) is 1. The number of rotatable bonds is 9. The van der Waals surface area contributed by atoms with E-state index in [1.54, 1.807) is 48.5 Å². The van der Waals surface area contributed by atoms with Crippen LogP contribution in [0.1, 0.15) is 43.7 Å². The molecule has 0 spiro atoms. The number of esters is 1.